The third-order valence-corrected chi connectivity index (χ3v) is 2.75. The predicted octanol–water partition coefficient (Wildman–Crippen LogP) is 2.59. The zero-order chi connectivity index (χ0) is 16.5. The number of rotatable bonds is 6. The molecule has 0 bridgehead atoms. The van der Waals surface area contributed by atoms with E-state index in [-0.39, 0.29) is 6.61 Å². The van der Waals surface area contributed by atoms with Gasteiger partial charge in [-0.05, 0) is 25.1 Å². The molecule has 1 amide bonds. The van der Waals surface area contributed by atoms with Gasteiger partial charge < -0.3 is 14.8 Å². The van der Waals surface area contributed by atoms with Crippen LogP contribution >= 0.6 is 23.2 Å². The molecular weight excluding hydrogens is 333 g/mol. The van der Waals surface area contributed by atoms with Gasteiger partial charge in [0, 0.05) is 17.2 Å². The summed E-state index contributed by atoms with van der Waals surface area (Å²) in [5, 5.41) is 3.14. The van der Waals surface area contributed by atoms with Crippen molar-refractivity contribution in [3.63, 3.8) is 0 Å². The summed E-state index contributed by atoms with van der Waals surface area (Å²) in [6.45, 7) is 1.30. The van der Waals surface area contributed by atoms with Gasteiger partial charge in [-0.1, -0.05) is 23.2 Å². The first kappa shape index (κ1) is 18.0. The zero-order valence-corrected chi connectivity index (χ0v) is 13.1. The van der Waals surface area contributed by atoms with Crippen LogP contribution in [0.25, 0.3) is 0 Å². The highest BCUT2D eigenvalue weighted by atomic mass is 35.5. The SMILES string of the molecule is CCOC(=O)/C=C/C(=O)OCC(=O)Nc1cc(Cl)ccc1Cl. The van der Waals surface area contributed by atoms with Crippen LogP contribution in [0.3, 0.4) is 0 Å². The van der Waals surface area contributed by atoms with E-state index in [1.165, 1.54) is 12.1 Å². The highest BCUT2D eigenvalue weighted by Crippen LogP contribution is 2.25. The third kappa shape index (κ3) is 6.60. The van der Waals surface area contributed by atoms with Crippen molar-refractivity contribution in [3.05, 3.63) is 40.4 Å². The minimum Gasteiger partial charge on any atom is -0.463 e. The van der Waals surface area contributed by atoms with Crippen molar-refractivity contribution in [2.24, 2.45) is 0 Å². The molecule has 0 aromatic heterocycles. The molecule has 0 radical (unpaired) electrons. The van der Waals surface area contributed by atoms with Crippen LogP contribution < -0.4 is 5.32 Å². The molecule has 1 aromatic carbocycles. The molecule has 0 aliphatic carbocycles. The number of esters is 2. The van der Waals surface area contributed by atoms with Gasteiger partial charge >= 0.3 is 11.9 Å². The number of benzene rings is 1. The molecule has 1 aromatic rings. The number of carbonyl (C=O) groups is 3. The summed E-state index contributed by atoms with van der Waals surface area (Å²) >= 11 is 11.6. The Hall–Kier alpha value is -2.05. The van der Waals surface area contributed by atoms with Crippen LogP contribution in [0.15, 0.2) is 30.4 Å². The van der Waals surface area contributed by atoms with Gasteiger partial charge in [0.25, 0.3) is 5.91 Å². The van der Waals surface area contributed by atoms with Gasteiger partial charge in [0.15, 0.2) is 6.61 Å². The van der Waals surface area contributed by atoms with Crippen molar-refractivity contribution in [1.29, 1.82) is 0 Å². The highest BCUT2D eigenvalue weighted by molar-refractivity contribution is 6.35. The molecule has 0 saturated heterocycles. The smallest absolute Gasteiger partial charge is 0.331 e. The zero-order valence-electron chi connectivity index (χ0n) is 11.6. The molecule has 22 heavy (non-hydrogen) atoms. The van der Waals surface area contributed by atoms with Crippen molar-refractivity contribution >= 4 is 46.7 Å². The van der Waals surface area contributed by atoms with E-state index < -0.39 is 24.5 Å². The average Bonchev–Trinajstić information content (AvgIpc) is 2.47. The van der Waals surface area contributed by atoms with Gasteiger partial charge in [0.1, 0.15) is 0 Å². The van der Waals surface area contributed by atoms with Crippen molar-refractivity contribution < 1.29 is 23.9 Å². The Balaban J connectivity index is 2.44. The van der Waals surface area contributed by atoms with Gasteiger partial charge in [-0.3, -0.25) is 4.79 Å². The molecule has 0 saturated carbocycles. The van der Waals surface area contributed by atoms with Gasteiger partial charge in [-0.25, -0.2) is 9.59 Å². The Morgan fingerprint density at radius 2 is 1.77 bits per heavy atom. The first-order valence-electron chi connectivity index (χ1n) is 6.19. The quantitative estimate of drug-likeness (QED) is 0.632. The van der Waals surface area contributed by atoms with Crippen LogP contribution in [0.4, 0.5) is 5.69 Å². The Kier molecular flexibility index (Phi) is 7.42. The molecule has 8 heteroatoms. The maximum atomic E-state index is 11.6. The molecule has 6 nitrogen and oxygen atoms in total. The van der Waals surface area contributed by atoms with E-state index in [0.717, 1.165) is 12.2 Å². The third-order valence-electron chi connectivity index (χ3n) is 2.19. The second kappa shape index (κ2) is 9.07. The maximum absolute atomic E-state index is 11.6. The lowest BCUT2D eigenvalue weighted by Gasteiger charge is -2.07. The second-order valence-electron chi connectivity index (χ2n) is 3.87. The predicted molar refractivity (Wildman–Crippen MR) is 81.8 cm³/mol. The average molecular weight is 346 g/mol. The monoisotopic (exact) mass is 345 g/mol. The summed E-state index contributed by atoms with van der Waals surface area (Å²) in [5.74, 6) is -2.11. The van der Waals surface area contributed by atoms with Crippen molar-refractivity contribution in [3.8, 4) is 0 Å². The molecular formula is C14H13Cl2NO5. The fourth-order valence-electron chi connectivity index (χ4n) is 1.29. The van der Waals surface area contributed by atoms with Crippen LogP contribution in [-0.4, -0.2) is 31.1 Å². The topological polar surface area (TPSA) is 81.7 Å². The first-order chi connectivity index (χ1) is 10.4. The van der Waals surface area contributed by atoms with Crippen LogP contribution in [0, 0.1) is 0 Å². The number of ether oxygens (including phenoxy) is 2. The minimum atomic E-state index is -0.847. The molecule has 1 rings (SSSR count). The molecule has 1 N–H and O–H groups in total. The number of anilines is 1. The lowest BCUT2D eigenvalue weighted by atomic mass is 10.3. The molecule has 0 fully saturated rings. The number of carbonyl (C=O) groups excluding carboxylic acids is 3. The van der Waals surface area contributed by atoms with Gasteiger partial charge in [0.05, 0.1) is 17.3 Å². The van der Waals surface area contributed by atoms with Crippen LogP contribution in [0.2, 0.25) is 10.0 Å². The normalized spacial score (nSPS) is 10.3. The summed E-state index contributed by atoms with van der Waals surface area (Å²) in [5.41, 5.74) is 0.303. The Morgan fingerprint density at radius 1 is 1.14 bits per heavy atom. The van der Waals surface area contributed by atoms with E-state index >= 15 is 0 Å². The first-order valence-corrected chi connectivity index (χ1v) is 6.94. The molecule has 0 heterocycles. The molecule has 0 aliphatic heterocycles. The lowest BCUT2D eigenvalue weighted by Crippen LogP contribution is -2.20. The molecule has 0 spiro atoms. The van der Waals surface area contributed by atoms with Gasteiger partial charge in [-0.15, -0.1) is 0 Å². The number of hydrogen-bond acceptors (Lipinski definition) is 5. The summed E-state index contributed by atoms with van der Waals surface area (Å²) in [4.78, 5) is 33.9. The highest BCUT2D eigenvalue weighted by Gasteiger charge is 2.09. The number of halogens is 2. The standard InChI is InChI=1S/C14H13Cl2NO5/c1-2-21-13(19)5-6-14(20)22-8-12(18)17-11-7-9(15)3-4-10(11)16/h3-7H,2,8H2,1H3,(H,17,18)/b6-5+. The van der Waals surface area contributed by atoms with E-state index in [1.807, 2.05) is 0 Å². The van der Waals surface area contributed by atoms with Crippen molar-refractivity contribution in [2.75, 3.05) is 18.5 Å². The summed E-state index contributed by atoms with van der Waals surface area (Å²) in [7, 11) is 0. The van der Waals surface area contributed by atoms with E-state index in [0.29, 0.717) is 15.7 Å². The fraction of sp³-hybridized carbons (Fsp3) is 0.214. The Labute approximate surface area is 137 Å². The molecule has 118 valence electrons. The molecule has 0 unspecified atom stereocenters. The Bertz CT molecular complexity index is 601. The van der Waals surface area contributed by atoms with Crippen molar-refractivity contribution in [1.82, 2.24) is 0 Å². The number of hydrogen-bond donors (Lipinski definition) is 1. The van der Waals surface area contributed by atoms with Gasteiger partial charge in [0.2, 0.25) is 0 Å². The summed E-state index contributed by atoms with van der Waals surface area (Å²) in [6, 6.07) is 4.55. The van der Waals surface area contributed by atoms with Crippen LogP contribution in [0.1, 0.15) is 6.92 Å². The van der Waals surface area contributed by atoms with E-state index in [9.17, 15) is 14.4 Å². The van der Waals surface area contributed by atoms with Gasteiger partial charge in [-0.2, -0.15) is 0 Å². The number of amides is 1. The lowest BCUT2D eigenvalue weighted by molar-refractivity contribution is -0.143. The van der Waals surface area contributed by atoms with Crippen LogP contribution in [-0.2, 0) is 23.9 Å². The molecule has 0 atom stereocenters. The largest absolute Gasteiger partial charge is 0.463 e. The number of nitrogens with one attached hydrogen (secondary N) is 1. The Morgan fingerprint density at radius 3 is 2.41 bits per heavy atom. The summed E-state index contributed by atoms with van der Waals surface area (Å²) < 4.78 is 9.23. The van der Waals surface area contributed by atoms with Crippen molar-refractivity contribution in [2.45, 2.75) is 6.92 Å². The van der Waals surface area contributed by atoms with E-state index in [4.69, 9.17) is 23.2 Å². The molecule has 0 aliphatic rings. The fourth-order valence-corrected chi connectivity index (χ4v) is 1.63. The van der Waals surface area contributed by atoms with E-state index in [2.05, 4.69) is 14.8 Å². The van der Waals surface area contributed by atoms with Crippen LogP contribution in [0.5, 0.6) is 0 Å². The minimum absolute atomic E-state index is 0.195. The second-order valence-corrected chi connectivity index (χ2v) is 4.71. The van der Waals surface area contributed by atoms with E-state index in [1.54, 1.807) is 13.0 Å². The summed E-state index contributed by atoms with van der Waals surface area (Å²) in [6.07, 6.45) is 1.79. The maximum Gasteiger partial charge on any atom is 0.331 e.